The lowest BCUT2D eigenvalue weighted by molar-refractivity contribution is 0.0983. The lowest BCUT2D eigenvalue weighted by atomic mass is 9.80. The van der Waals surface area contributed by atoms with E-state index in [4.69, 9.17) is 0 Å². The lowest BCUT2D eigenvalue weighted by Gasteiger charge is -2.40. The molecule has 0 aromatic rings. The highest BCUT2D eigenvalue weighted by Crippen LogP contribution is 2.30. The van der Waals surface area contributed by atoms with E-state index in [9.17, 15) is 0 Å². The molecule has 0 spiro atoms. The summed E-state index contributed by atoms with van der Waals surface area (Å²) in [7, 11) is 2.23. The van der Waals surface area contributed by atoms with Crippen LogP contribution in [0.5, 0.6) is 0 Å². The predicted octanol–water partition coefficient (Wildman–Crippen LogP) is 3.94. The first-order valence-corrected chi connectivity index (χ1v) is 6.94. The summed E-state index contributed by atoms with van der Waals surface area (Å²) in [5, 5.41) is 0. The van der Waals surface area contributed by atoms with E-state index < -0.39 is 0 Å². The maximum atomic E-state index is 4.50. The highest BCUT2D eigenvalue weighted by molar-refractivity contribution is 7.80. The summed E-state index contributed by atoms with van der Waals surface area (Å²) in [4.78, 5) is 2.48. The smallest absolute Gasteiger partial charge is 0.0112 e. The number of hydrogen-bond donors (Lipinski definition) is 1. The zero-order chi connectivity index (χ0) is 13.1. The molecule has 2 heteroatoms. The molecule has 0 N–H and O–H groups in total. The maximum absolute atomic E-state index is 4.50. The van der Waals surface area contributed by atoms with Gasteiger partial charge in [-0.2, -0.15) is 12.6 Å². The second-order valence-electron chi connectivity index (χ2n) is 7.23. The van der Waals surface area contributed by atoms with E-state index in [0.717, 1.165) is 12.3 Å². The SMILES string of the molecule is CC(N(C)CC(CS)C(C)(C)C)C(C)(C)C. The normalized spacial score (nSPS) is 17.6. The second kappa shape index (κ2) is 5.77. The van der Waals surface area contributed by atoms with Crippen molar-refractivity contribution in [3.8, 4) is 0 Å². The Morgan fingerprint density at radius 2 is 1.44 bits per heavy atom. The van der Waals surface area contributed by atoms with Gasteiger partial charge in [-0.15, -0.1) is 0 Å². The molecule has 0 aromatic carbocycles. The van der Waals surface area contributed by atoms with Crippen LogP contribution in [-0.2, 0) is 0 Å². The molecule has 0 aliphatic carbocycles. The van der Waals surface area contributed by atoms with Gasteiger partial charge in [-0.05, 0) is 36.5 Å². The van der Waals surface area contributed by atoms with E-state index >= 15 is 0 Å². The quantitative estimate of drug-likeness (QED) is 0.734. The minimum absolute atomic E-state index is 0.341. The van der Waals surface area contributed by atoms with Crippen molar-refractivity contribution in [3.63, 3.8) is 0 Å². The summed E-state index contributed by atoms with van der Waals surface area (Å²) in [6.07, 6.45) is 0. The van der Waals surface area contributed by atoms with Crippen LogP contribution in [-0.4, -0.2) is 30.3 Å². The molecule has 0 amide bonds. The minimum atomic E-state index is 0.341. The molecule has 0 aliphatic heterocycles. The summed E-state index contributed by atoms with van der Waals surface area (Å²) in [6.45, 7) is 17.3. The molecule has 0 fully saturated rings. The van der Waals surface area contributed by atoms with E-state index in [1.54, 1.807) is 0 Å². The zero-order valence-corrected chi connectivity index (χ0v) is 13.4. The first-order valence-electron chi connectivity index (χ1n) is 6.31. The number of hydrogen-bond acceptors (Lipinski definition) is 2. The number of thiol groups is 1. The highest BCUT2D eigenvalue weighted by atomic mass is 32.1. The fourth-order valence-electron chi connectivity index (χ4n) is 1.77. The van der Waals surface area contributed by atoms with Gasteiger partial charge in [0.05, 0.1) is 0 Å². The van der Waals surface area contributed by atoms with Gasteiger partial charge in [0.25, 0.3) is 0 Å². The standard InChI is InChI=1S/C14H31NS/c1-11(13(2,3)4)15(8)9-12(10-16)14(5,6)7/h11-12,16H,9-10H2,1-8H3. The van der Waals surface area contributed by atoms with Gasteiger partial charge in [0, 0.05) is 12.6 Å². The lowest BCUT2D eigenvalue weighted by Crippen LogP contribution is -2.44. The van der Waals surface area contributed by atoms with Crippen molar-refractivity contribution in [2.75, 3.05) is 19.3 Å². The van der Waals surface area contributed by atoms with Crippen LogP contribution in [0.4, 0.5) is 0 Å². The molecule has 0 saturated carbocycles. The molecule has 98 valence electrons. The first-order chi connectivity index (χ1) is 7.00. The van der Waals surface area contributed by atoms with Gasteiger partial charge < -0.3 is 4.90 Å². The molecule has 2 atom stereocenters. The average Bonchev–Trinajstić information content (AvgIpc) is 2.08. The molecule has 1 nitrogen and oxygen atoms in total. The molecule has 0 rings (SSSR count). The zero-order valence-electron chi connectivity index (χ0n) is 12.5. The molecule has 0 bridgehead atoms. The third-order valence-corrected chi connectivity index (χ3v) is 4.31. The van der Waals surface area contributed by atoms with Crippen molar-refractivity contribution >= 4 is 12.6 Å². The largest absolute Gasteiger partial charge is 0.303 e. The fraction of sp³-hybridized carbons (Fsp3) is 1.00. The van der Waals surface area contributed by atoms with Gasteiger partial charge in [0.1, 0.15) is 0 Å². The summed E-state index contributed by atoms with van der Waals surface area (Å²) >= 11 is 4.50. The third-order valence-electron chi connectivity index (χ3n) is 3.87. The van der Waals surface area contributed by atoms with Gasteiger partial charge in [-0.3, -0.25) is 0 Å². The molecule has 16 heavy (non-hydrogen) atoms. The number of rotatable bonds is 4. The predicted molar refractivity (Wildman–Crippen MR) is 78.3 cm³/mol. The van der Waals surface area contributed by atoms with Crippen molar-refractivity contribution < 1.29 is 0 Å². The monoisotopic (exact) mass is 245 g/mol. The molecule has 0 radical (unpaired) electrons. The van der Waals surface area contributed by atoms with Crippen LogP contribution < -0.4 is 0 Å². The van der Waals surface area contributed by atoms with Crippen molar-refractivity contribution in [2.45, 2.75) is 54.5 Å². The van der Waals surface area contributed by atoms with E-state index in [1.807, 2.05) is 0 Å². The Morgan fingerprint density at radius 1 is 1.00 bits per heavy atom. The van der Waals surface area contributed by atoms with E-state index in [-0.39, 0.29) is 0 Å². The van der Waals surface area contributed by atoms with Gasteiger partial charge in [-0.25, -0.2) is 0 Å². The molecular weight excluding hydrogens is 214 g/mol. The summed E-state index contributed by atoms with van der Waals surface area (Å²) in [5.74, 6) is 1.61. The summed E-state index contributed by atoms with van der Waals surface area (Å²) < 4.78 is 0. The Bertz CT molecular complexity index is 200. The van der Waals surface area contributed by atoms with E-state index in [2.05, 4.69) is 73.0 Å². The Balaban J connectivity index is 4.49. The van der Waals surface area contributed by atoms with Crippen LogP contribution in [0.1, 0.15) is 48.5 Å². The number of nitrogens with zero attached hydrogens (tertiary/aromatic N) is 1. The molecule has 0 aliphatic rings. The Labute approximate surface area is 108 Å². The summed E-state index contributed by atoms with van der Waals surface area (Å²) in [5.41, 5.74) is 0.682. The molecular formula is C14H31NS. The van der Waals surface area contributed by atoms with E-state index in [1.165, 1.54) is 0 Å². The average molecular weight is 245 g/mol. The van der Waals surface area contributed by atoms with Crippen LogP contribution in [0, 0.1) is 16.7 Å². The first kappa shape index (κ1) is 16.3. The summed E-state index contributed by atoms with van der Waals surface area (Å²) in [6, 6.07) is 0.595. The van der Waals surface area contributed by atoms with Crippen molar-refractivity contribution in [1.29, 1.82) is 0 Å². The Hall–Kier alpha value is 0.310. The Morgan fingerprint density at radius 3 is 1.69 bits per heavy atom. The van der Waals surface area contributed by atoms with Crippen LogP contribution >= 0.6 is 12.6 Å². The Kier molecular flexibility index (Phi) is 5.88. The maximum Gasteiger partial charge on any atom is 0.0112 e. The molecule has 0 heterocycles. The topological polar surface area (TPSA) is 3.24 Å². The van der Waals surface area contributed by atoms with Crippen molar-refractivity contribution in [3.05, 3.63) is 0 Å². The molecule has 2 unspecified atom stereocenters. The van der Waals surface area contributed by atoms with Gasteiger partial charge in [-0.1, -0.05) is 41.5 Å². The van der Waals surface area contributed by atoms with Gasteiger partial charge in [0.15, 0.2) is 0 Å². The van der Waals surface area contributed by atoms with Crippen LogP contribution in [0.15, 0.2) is 0 Å². The van der Waals surface area contributed by atoms with Crippen LogP contribution in [0.25, 0.3) is 0 Å². The molecule has 0 saturated heterocycles. The van der Waals surface area contributed by atoms with Gasteiger partial charge in [0.2, 0.25) is 0 Å². The van der Waals surface area contributed by atoms with E-state index in [0.29, 0.717) is 22.8 Å². The van der Waals surface area contributed by atoms with Gasteiger partial charge >= 0.3 is 0 Å². The third kappa shape index (κ3) is 5.09. The van der Waals surface area contributed by atoms with Crippen LogP contribution in [0.2, 0.25) is 0 Å². The molecule has 0 aromatic heterocycles. The second-order valence-corrected chi connectivity index (χ2v) is 7.59. The fourth-order valence-corrected chi connectivity index (χ4v) is 2.44. The van der Waals surface area contributed by atoms with Crippen molar-refractivity contribution in [1.82, 2.24) is 4.90 Å². The van der Waals surface area contributed by atoms with Crippen molar-refractivity contribution in [2.24, 2.45) is 16.7 Å². The van der Waals surface area contributed by atoms with Crippen LogP contribution in [0.3, 0.4) is 0 Å². The highest BCUT2D eigenvalue weighted by Gasteiger charge is 2.29. The minimum Gasteiger partial charge on any atom is -0.303 e.